The van der Waals surface area contributed by atoms with Gasteiger partial charge in [-0.3, -0.25) is 9.59 Å². The van der Waals surface area contributed by atoms with Gasteiger partial charge in [0.2, 0.25) is 5.91 Å². The highest BCUT2D eigenvalue weighted by Gasteiger charge is 2.25. The number of carbonyl (C=O) groups excluding carboxylic acids is 2. The topological polar surface area (TPSA) is 49.4 Å². The Bertz CT molecular complexity index is 562. The zero-order valence-electron chi connectivity index (χ0n) is 12.5. The molecule has 0 radical (unpaired) electrons. The van der Waals surface area contributed by atoms with Crippen LogP contribution in [-0.2, 0) is 11.2 Å². The Morgan fingerprint density at radius 2 is 2.00 bits per heavy atom. The molecule has 0 bridgehead atoms. The van der Waals surface area contributed by atoms with Crippen molar-refractivity contribution in [2.45, 2.75) is 32.6 Å². The van der Waals surface area contributed by atoms with Crippen molar-refractivity contribution in [3.63, 3.8) is 0 Å². The monoisotopic (exact) mass is 286 g/mol. The van der Waals surface area contributed by atoms with Crippen LogP contribution in [0.1, 0.15) is 42.1 Å². The van der Waals surface area contributed by atoms with E-state index in [-0.39, 0.29) is 17.6 Å². The van der Waals surface area contributed by atoms with Crippen LogP contribution in [0.25, 0.3) is 0 Å². The van der Waals surface area contributed by atoms with E-state index in [4.69, 9.17) is 0 Å². The molecule has 1 saturated heterocycles. The molecule has 2 aliphatic heterocycles. The minimum absolute atomic E-state index is 0.0578. The smallest absolute Gasteiger partial charge is 0.223 e. The predicted molar refractivity (Wildman–Crippen MR) is 82.7 cm³/mol. The lowest BCUT2D eigenvalue weighted by molar-refractivity contribution is -0.116. The van der Waals surface area contributed by atoms with E-state index in [2.05, 4.69) is 5.32 Å². The molecular weight excluding hydrogens is 264 g/mol. The highest BCUT2D eigenvalue weighted by Crippen LogP contribution is 2.30. The molecule has 0 aromatic heterocycles. The van der Waals surface area contributed by atoms with Gasteiger partial charge >= 0.3 is 0 Å². The second kappa shape index (κ2) is 5.98. The summed E-state index contributed by atoms with van der Waals surface area (Å²) in [4.78, 5) is 26.2. The molecule has 1 aromatic carbocycles. The number of carbonyl (C=O) groups is 2. The van der Waals surface area contributed by atoms with Gasteiger partial charge in [0, 0.05) is 30.6 Å². The maximum atomic E-state index is 12.6. The van der Waals surface area contributed by atoms with Crippen LogP contribution in [0.15, 0.2) is 18.2 Å². The van der Waals surface area contributed by atoms with Gasteiger partial charge in [0.05, 0.1) is 0 Å². The van der Waals surface area contributed by atoms with E-state index in [1.54, 1.807) is 11.8 Å². The molecule has 1 amide bonds. The number of piperidine rings is 1. The summed E-state index contributed by atoms with van der Waals surface area (Å²) in [6, 6.07) is 5.89. The lowest BCUT2D eigenvalue weighted by Crippen LogP contribution is -2.34. The summed E-state index contributed by atoms with van der Waals surface area (Å²) in [7, 11) is 0. The molecule has 1 N–H and O–H groups in total. The largest absolute Gasteiger partial charge is 0.317 e. The quantitative estimate of drug-likeness (QED) is 0.848. The molecule has 1 aromatic rings. The van der Waals surface area contributed by atoms with Gasteiger partial charge in [0.1, 0.15) is 0 Å². The van der Waals surface area contributed by atoms with Crippen LogP contribution < -0.4 is 10.2 Å². The Balaban J connectivity index is 1.88. The summed E-state index contributed by atoms with van der Waals surface area (Å²) in [5, 5.41) is 3.29. The van der Waals surface area contributed by atoms with Gasteiger partial charge in [0.25, 0.3) is 0 Å². The third-order valence-electron chi connectivity index (χ3n) is 4.58. The Labute approximate surface area is 125 Å². The summed E-state index contributed by atoms with van der Waals surface area (Å²) < 4.78 is 0. The fraction of sp³-hybridized carbons (Fsp3) is 0.529. The molecule has 0 spiro atoms. The third kappa shape index (κ3) is 2.86. The minimum Gasteiger partial charge on any atom is -0.317 e. The molecule has 2 heterocycles. The first-order valence-electron chi connectivity index (χ1n) is 7.83. The normalized spacial score (nSPS) is 19.2. The number of ketones is 1. The number of amides is 1. The number of fused-ring (bicyclic) bond motifs is 1. The van der Waals surface area contributed by atoms with Crippen LogP contribution in [0.2, 0.25) is 0 Å². The van der Waals surface area contributed by atoms with Gasteiger partial charge in [-0.15, -0.1) is 0 Å². The number of hydrogen-bond donors (Lipinski definition) is 1. The second-order valence-electron chi connectivity index (χ2n) is 6.01. The lowest BCUT2D eigenvalue weighted by atomic mass is 9.88. The van der Waals surface area contributed by atoms with Crippen LogP contribution in [0.3, 0.4) is 0 Å². The number of anilines is 1. The van der Waals surface area contributed by atoms with Gasteiger partial charge in [-0.2, -0.15) is 0 Å². The van der Waals surface area contributed by atoms with Crippen molar-refractivity contribution in [2.75, 3.05) is 24.5 Å². The van der Waals surface area contributed by atoms with Gasteiger partial charge in [-0.1, -0.05) is 12.1 Å². The third-order valence-corrected chi connectivity index (χ3v) is 4.58. The van der Waals surface area contributed by atoms with E-state index >= 15 is 0 Å². The summed E-state index contributed by atoms with van der Waals surface area (Å²) in [6.45, 7) is 4.19. The van der Waals surface area contributed by atoms with Crippen molar-refractivity contribution < 1.29 is 9.59 Å². The first-order valence-corrected chi connectivity index (χ1v) is 7.83. The standard InChI is InChI=1S/C17H22N2O2/c1-12(20)19-10-2-3-13-4-5-15(11-16(13)19)17(21)14-6-8-18-9-7-14/h4-5,11,14,18H,2-3,6-10H2,1H3. The zero-order chi connectivity index (χ0) is 14.8. The molecule has 4 heteroatoms. The molecule has 3 rings (SSSR count). The van der Waals surface area contributed by atoms with Crippen LogP contribution in [0, 0.1) is 5.92 Å². The van der Waals surface area contributed by atoms with Crippen LogP contribution in [-0.4, -0.2) is 31.3 Å². The number of Topliss-reactive ketones (excluding diaryl/α,β-unsaturated/α-hetero) is 1. The van der Waals surface area contributed by atoms with Gasteiger partial charge in [-0.05, 0) is 50.4 Å². The fourth-order valence-corrected chi connectivity index (χ4v) is 3.37. The summed E-state index contributed by atoms with van der Waals surface area (Å²) in [6.07, 6.45) is 3.80. The van der Waals surface area contributed by atoms with Gasteiger partial charge in [-0.25, -0.2) is 0 Å². The summed E-state index contributed by atoms with van der Waals surface area (Å²) in [5.74, 6) is 0.412. The highest BCUT2D eigenvalue weighted by atomic mass is 16.2. The van der Waals surface area contributed by atoms with E-state index in [1.165, 1.54) is 5.56 Å². The predicted octanol–water partition coefficient (Wildman–Crippen LogP) is 2.17. The molecule has 112 valence electrons. The summed E-state index contributed by atoms with van der Waals surface area (Å²) >= 11 is 0. The maximum Gasteiger partial charge on any atom is 0.223 e. The lowest BCUT2D eigenvalue weighted by Gasteiger charge is -2.29. The molecule has 0 aliphatic carbocycles. The average Bonchev–Trinajstić information content (AvgIpc) is 2.53. The van der Waals surface area contributed by atoms with Crippen LogP contribution >= 0.6 is 0 Å². The van der Waals surface area contributed by atoms with Crippen molar-refractivity contribution in [2.24, 2.45) is 5.92 Å². The number of nitrogens with one attached hydrogen (secondary N) is 1. The number of benzene rings is 1. The average molecular weight is 286 g/mol. The second-order valence-corrected chi connectivity index (χ2v) is 6.01. The van der Waals surface area contributed by atoms with E-state index in [1.807, 2.05) is 18.2 Å². The molecule has 0 atom stereocenters. The highest BCUT2D eigenvalue weighted by molar-refractivity contribution is 6.00. The van der Waals surface area contributed by atoms with Gasteiger partial charge < -0.3 is 10.2 Å². The van der Waals surface area contributed by atoms with Gasteiger partial charge in [0.15, 0.2) is 5.78 Å². The zero-order valence-corrected chi connectivity index (χ0v) is 12.5. The van der Waals surface area contributed by atoms with E-state index in [0.29, 0.717) is 0 Å². The van der Waals surface area contributed by atoms with E-state index in [9.17, 15) is 9.59 Å². The first-order chi connectivity index (χ1) is 10.2. The molecule has 0 unspecified atom stereocenters. The molecule has 0 saturated carbocycles. The van der Waals surface area contributed by atoms with E-state index < -0.39 is 0 Å². The van der Waals surface area contributed by atoms with Crippen molar-refractivity contribution in [1.82, 2.24) is 5.32 Å². The fourth-order valence-electron chi connectivity index (χ4n) is 3.37. The van der Waals surface area contributed by atoms with Crippen molar-refractivity contribution in [3.05, 3.63) is 29.3 Å². The number of rotatable bonds is 2. The number of aryl methyl sites for hydroxylation is 1. The van der Waals surface area contributed by atoms with Crippen molar-refractivity contribution in [1.29, 1.82) is 0 Å². The Kier molecular flexibility index (Phi) is 4.06. The van der Waals surface area contributed by atoms with Crippen LogP contribution in [0.4, 0.5) is 5.69 Å². The molecule has 2 aliphatic rings. The molecule has 4 nitrogen and oxygen atoms in total. The first kappa shape index (κ1) is 14.3. The maximum absolute atomic E-state index is 12.6. The van der Waals surface area contributed by atoms with E-state index in [0.717, 1.165) is 56.6 Å². The SMILES string of the molecule is CC(=O)N1CCCc2ccc(C(=O)C3CCNCC3)cc21. The Hall–Kier alpha value is -1.68. The number of nitrogens with zero attached hydrogens (tertiary/aromatic N) is 1. The molecular formula is C17H22N2O2. The van der Waals surface area contributed by atoms with Crippen LogP contribution in [0.5, 0.6) is 0 Å². The molecule has 1 fully saturated rings. The van der Waals surface area contributed by atoms with Crippen molar-refractivity contribution >= 4 is 17.4 Å². The minimum atomic E-state index is 0.0578. The number of hydrogen-bond acceptors (Lipinski definition) is 3. The van der Waals surface area contributed by atoms with Crippen molar-refractivity contribution in [3.8, 4) is 0 Å². The summed E-state index contributed by atoms with van der Waals surface area (Å²) in [5.41, 5.74) is 2.88. The Morgan fingerprint density at radius 1 is 1.24 bits per heavy atom. The Morgan fingerprint density at radius 3 is 2.71 bits per heavy atom. The molecule has 21 heavy (non-hydrogen) atoms.